The summed E-state index contributed by atoms with van der Waals surface area (Å²) in [6.07, 6.45) is 0. The molecule has 100 valence electrons. The molecule has 1 heterocycles. The number of para-hydroxylation sites is 1. The SMILES string of the molecule is CNc1nc(Nc2ccccc2Cl)nc(N(C)C)n1. The summed E-state index contributed by atoms with van der Waals surface area (Å²) in [5, 5.41) is 6.59. The minimum Gasteiger partial charge on any atom is -0.357 e. The lowest BCUT2D eigenvalue weighted by Crippen LogP contribution is -2.15. The van der Waals surface area contributed by atoms with Crippen molar-refractivity contribution in [2.75, 3.05) is 36.7 Å². The topological polar surface area (TPSA) is 66.0 Å². The van der Waals surface area contributed by atoms with Crippen LogP contribution < -0.4 is 15.5 Å². The third-order valence-corrected chi connectivity index (χ3v) is 2.70. The van der Waals surface area contributed by atoms with Crippen LogP contribution in [0.4, 0.5) is 23.5 Å². The first-order valence-electron chi connectivity index (χ1n) is 5.73. The molecule has 0 amide bonds. The standard InChI is InChI=1S/C12H15ClN6/c1-14-10-16-11(18-12(17-10)19(2)3)15-9-7-5-4-6-8(9)13/h4-7H,1-3H3,(H2,14,15,16,17,18). The summed E-state index contributed by atoms with van der Waals surface area (Å²) >= 11 is 6.09. The number of benzene rings is 1. The zero-order valence-electron chi connectivity index (χ0n) is 11.0. The second kappa shape index (κ2) is 5.71. The normalized spacial score (nSPS) is 10.1. The molecule has 0 radical (unpaired) electrons. The molecule has 0 unspecified atom stereocenters. The lowest BCUT2D eigenvalue weighted by molar-refractivity contribution is 0.963. The Balaban J connectivity index is 2.34. The quantitative estimate of drug-likeness (QED) is 0.895. The van der Waals surface area contributed by atoms with Crippen LogP contribution >= 0.6 is 11.6 Å². The predicted octanol–water partition coefficient (Wildman–Crippen LogP) is 2.38. The van der Waals surface area contributed by atoms with Gasteiger partial charge in [-0.3, -0.25) is 0 Å². The van der Waals surface area contributed by atoms with Gasteiger partial charge in [0.05, 0.1) is 10.7 Å². The van der Waals surface area contributed by atoms with Crippen LogP contribution in [0.15, 0.2) is 24.3 Å². The second-order valence-electron chi connectivity index (χ2n) is 4.03. The van der Waals surface area contributed by atoms with Crippen LogP contribution in [0.25, 0.3) is 0 Å². The zero-order valence-corrected chi connectivity index (χ0v) is 11.7. The number of aromatic nitrogens is 3. The van der Waals surface area contributed by atoms with Crippen LogP contribution in [0.5, 0.6) is 0 Å². The van der Waals surface area contributed by atoms with Crippen molar-refractivity contribution in [1.29, 1.82) is 0 Å². The molecule has 19 heavy (non-hydrogen) atoms. The van der Waals surface area contributed by atoms with E-state index in [1.165, 1.54) is 0 Å². The van der Waals surface area contributed by atoms with Gasteiger partial charge in [0, 0.05) is 21.1 Å². The van der Waals surface area contributed by atoms with Gasteiger partial charge < -0.3 is 15.5 Å². The Morgan fingerprint density at radius 2 is 1.74 bits per heavy atom. The van der Waals surface area contributed by atoms with Gasteiger partial charge >= 0.3 is 0 Å². The van der Waals surface area contributed by atoms with E-state index in [0.29, 0.717) is 22.9 Å². The Bertz CT molecular complexity index is 572. The van der Waals surface area contributed by atoms with Gasteiger partial charge in [0.25, 0.3) is 0 Å². The van der Waals surface area contributed by atoms with Crippen LogP contribution in [0, 0.1) is 0 Å². The fourth-order valence-electron chi connectivity index (χ4n) is 1.42. The largest absolute Gasteiger partial charge is 0.357 e. The molecule has 7 heteroatoms. The molecule has 2 rings (SSSR count). The van der Waals surface area contributed by atoms with E-state index in [4.69, 9.17) is 11.6 Å². The number of nitrogens with zero attached hydrogens (tertiary/aromatic N) is 4. The average Bonchev–Trinajstić information content (AvgIpc) is 2.41. The molecule has 1 aromatic heterocycles. The Kier molecular flexibility index (Phi) is 4.01. The van der Waals surface area contributed by atoms with E-state index in [9.17, 15) is 0 Å². The van der Waals surface area contributed by atoms with E-state index < -0.39 is 0 Å². The molecule has 0 saturated carbocycles. The van der Waals surface area contributed by atoms with Crippen molar-refractivity contribution in [3.63, 3.8) is 0 Å². The van der Waals surface area contributed by atoms with Gasteiger partial charge in [-0.05, 0) is 12.1 Å². The molecule has 6 nitrogen and oxygen atoms in total. The van der Waals surface area contributed by atoms with Crippen LogP contribution in [0.3, 0.4) is 0 Å². The number of rotatable bonds is 4. The molecule has 0 fully saturated rings. The summed E-state index contributed by atoms with van der Waals surface area (Å²) in [5.74, 6) is 1.50. The van der Waals surface area contributed by atoms with Crippen molar-refractivity contribution >= 4 is 35.1 Å². The number of hydrogen-bond acceptors (Lipinski definition) is 6. The Labute approximate surface area is 116 Å². The monoisotopic (exact) mass is 278 g/mol. The third-order valence-electron chi connectivity index (χ3n) is 2.37. The van der Waals surface area contributed by atoms with E-state index in [1.807, 2.05) is 32.3 Å². The van der Waals surface area contributed by atoms with Gasteiger partial charge in [-0.15, -0.1) is 0 Å². The molecular formula is C12H15ClN6. The first kappa shape index (κ1) is 13.4. The highest BCUT2D eigenvalue weighted by Gasteiger charge is 2.08. The first-order valence-corrected chi connectivity index (χ1v) is 6.10. The molecule has 2 aromatic rings. The molecular weight excluding hydrogens is 264 g/mol. The van der Waals surface area contributed by atoms with Crippen molar-refractivity contribution in [2.24, 2.45) is 0 Å². The minimum atomic E-state index is 0.441. The second-order valence-corrected chi connectivity index (χ2v) is 4.44. The van der Waals surface area contributed by atoms with Crippen LogP contribution in [0.1, 0.15) is 0 Å². The summed E-state index contributed by atoms with van der Waals surface area (Å²) in [7, 11) is 5.50. The van der Waals surface area contributed by atoms with Crippen molar-refractivity contribution in [1.82, 2.24) is 15.0 Å². The van der Waals surface area contributed by atoms with E-state index >= 15 is 0 Å². The van der Waals surface area contributed by atoms with Crippen molar-refractivity contribution < 1.29 is 0 Å². The summed E-state index contributed by atoms with van der Waals surface area (Å²) < 4.78 is 0. The van der Waals surface area contributed by atoms with Gasteiger partial charge in [0.15, 0.2) is 0 Å². The molecule has 0 bridgehead atoms. The Morgan fingerprint density at radius 3 is 2.37 bits per heavy atom. The van der Waals surface area contributed by atoms with Crippen molar-refractivity contribution in [3.05, 3.63) is 29.3 Å². The lowest BCUT2D eigenvalue weighted by atomic mass is 10.3. The highest BCUT2D eigenvalue weighted by molar-refractivity contribution is 6.33. The molecule has 2 N–H and O–H groups in total. The van der Waals surface area contributed by atoms with Crippen LogP contribution in [0.2, 0.25) is 5.02 Å². The molecule has 0 aliphatic rings. The maximum absolute atomic E-state index is 6.09. The predicted molar refractivity (Wildman–Crippen MR) is 78.4 cm³/mol. The summed E-state index contributed by atoms with van der Waals surface area (Å²) in [4.78, 5) is 14.6. The maximum Gasteiger partial charge on any atom is 0.233 e. The molecule has 0 atom stereocenters. The highest BCUT2D eigenvalue weighted by Crippen LogP contribution is 2.24. The Morgan fingerprint density at radius 1 is 1.05 bits per heavy atom. The van der Waals surface area contributed by atoms with Gasteiger partial charge in [0.2, 0.25) is 17.8 Å². The van der Waals surface area contributed by atoms with E-state index in [2.05, 4.69) is 25.6 Å². The summed E-state index contributed by atoms with van der Waals surface area (Å²) in [6, 6.07) is 7.42. The van der Waals surface area contributed by atoms with Crippen LogP contribution in [-0.4, -0.2) is 36.1 Å². The molecule has 0 aliphatic carbocycles. The third kappa shape index (κ3) is 3.23. The number of nitrogens with one attached hydrogen (secondary N) is 2. The lowest BCUT2D eigenvalue weighted by Gasteiger charge is -2.13. The fraction of sp³-hybridized carbons (Fsp3) is 0.250. The average molecular weight is 279 g/mol. The summed E-state index contributed by atoms with van der Waals surface area (Å²) in [6.45, 7) is 0. The number of anilines is 4. The highest BCUT2D eigenvalue weighted by atomic mass is 35.5. The maximum atomic E-state index is 6.09. The van der Waals surface area contributed by atoms with E-state index in [1.54, 1.807) is 18.0 Å². The van der Waals surface area contributed by atoms with Crippen molar-refractivity contribution in [3.8, 4) is 0 Å². The molecule has 0 spiro atoms. The first-order chi connectivity index (χ1) is 9.10. The van der Waals surface area contributed by atoms with Gasteiger partial charge in [-0.2, -0.15) is 15.0 Å². The van der Waals surface area contributed by atoms with E-state index in [0.717, 1.165) is 5.69 Å². The number of hydrogen-bond donors (Lipinski definition) is 2. The number of halogens is 1. The van der Waals surface area contributed by atoms with Crippen LogP contribution in [-0.2, 0) is 0 Å². The smallest absolute Gasteiger partial charge is 0.233 e. The molecule has 0 aliphatic heterocycles. The van der Waals surface area contributed by atoms with Gasteiger partial charge in [-0.25, -0.2) is 0 Å². The minimum absolute atomic E-state index is 0.441. The van der Waals surface area contributed by atoms with Gasteiger partial charge in [0.1, 0.15) is 0 Å². The zero-order chi connectivity index (χ0) is 13.8. The Hall–Kier alpha value is -2.08. The van der Waals surface area contributed by atoms with E-state index in [-0.39, 0.29) is 0 Å². The molecule has 0 saturated heterocycles. The molecule has 1 aromatic carbocycles. The fourth-order valence-corrected chi connectivity index (χ4v) is 1.60. The van der Waals surface area contributed by atoms with Gasteiger partial charge in [-0.1, -0.05) is 23.7 Å². The van der Waals surface area contributed by atoms with Crippen molar-refractivity contribution in [2.45, 2.75) is 0 Å². The summed E-state index contributed by atoms with van der Waals surface area (Å²) in [5.41, 5.74) is 0.752.